The van der Waals surface area contributed by atoms with E-state index in [0.29, 0.717) is 11.3 Å². The molecule has 2 amide bonds. The fraction of sp³-hybridized carbons (Fsp3) is 0.263. The molecule has 3 unspecified atom stereocenters. The summed E-state index contributed by atoms with van der Waals surface area (Å²) in [5.41, 5.74) is 3.91. The minimum atomic E-state index is -1.35. The lowest BCUT2D eigenvalue weighted by Crippen LogP contribution is -2.47. The largest absolute Gasteiger partial charge is 0.497 e. The molecule has 0 saturated carbocycles. The number of aliphatic hydroxyl groups excluding tert-OH is 1. The molecule has 0 spiro atoms. The van der Waals surface area contributed by atoms with Crippen LogP contribution in [0.5, 0.6) is 5.75 Å². The van der Waals surface area contributed by atoms with Gasteiger partial charge in [-0.15, -0.1) is 11.8 Å². The van der Waals surface area contributed by atoms with Gasteiger partial charge in [-0.2, -0.15) is 0 Å². The predicted molar refractivity (Wildman–Crippen MR) is 99.2 cm³/mol. The Bertz CT molecular complexity index is 782. The second-order valence-corrected chi connectivity index (χ2v) is 7.33. The van der Waals surface area contributed by atoms with Crippen LogP contribution in [-0.4, -0.2) is 34.3 Å². The fourth-order valence-corrected chi connectivity index (χ4v) is 3.91. The van der Waals surface area contributed by atoms with Crippen LogP contribution in [0.3, 0.4) is 0 Å². The van der Waals surface area contributed by atoms with E-state index in [2.05, 4.69) is 5.43 Å². The van der Waals surface area contributed by atoms with Crippen LogP contribution in [0.15, 0.2) is 54.6 Å². The Labute approximate surface area is 156 Å². The number of thioether (sulfide) groups is 1. The molecule has 1 heterocycles. The van der Waals surface area contributed by atoms with Gasteiger partial charge in [-0.25, -0.2) is 5.01 Å². The molecule has 3 rings (SSSR count). The molecule has 1 saturated heterocycles. The van der Waals surface area contributed by atoms with Crippen LogP contribution in [0.1, 0.15) is 29.5 Å². The van der Waals surface area contributed by atoms with Crippen LogP contribution in [0.2, 0.25) is 0 Å². The van der Waals surface area contributed by atoms with Crippen molar-refractivity contribution in [3.05, 3.63) is 65.7 Å². The number of nitrogens with zero attached hydrogens (tertiary/aromatic N) is 1. The minimum absolute atomic E-state index is 0.204. The van der Waals surface area contributed by atoms with Gasteiger partial charge in [-0.1, -0.05) is 42.5 Å². The molecule has 136 valence electrons. The Morgan fingerprint density at radius 3 is 2.46 bits per heavy atom. The molecule has 3 atom stereocenters. The number of hydrogen-bond acceptors (Lipinski definition) is 5. The average Bonchev–Trinajstić information content (AvgIpc) is 2.96. The average molecular weight is 372 g/mol. The number of methoxy groups -OCH3 is 1. The van der Waals surface area contributed by atoms with Gasteiger partial charge in [-0.05, 0) is 30.2 Å². The van der Waals surface area contributed by atoms with E-state index in [1.165, 1.54) is 16.8 Å². The number of aliphatic hydroxyl groups is 1. The molecule has 2 aromatic carbocycles. The molecule has 0 radical (unpaired) electrons. The third-order valence-electron chi connectivity index (χ3n) is 4.15. The third-order valence-corrected chi connectivity index (χ3v) is 5.50. The van der Waals surface area contributed by atoms with Crippen LogP contribution in [0, 0.1) is 0 Å². The Morgan fingerprint density at radius 2 is 1.85 bits per heavy atom. The second-order valence-electron chi connectivity index (χ2n) is 5.90. The first-order valence-electron chi connectivity index (χ1n) is 8.17. The van der Waals surface area contributed by atoms with Crippen LogP contribution in [0.25, 0.3) is 0 Å². The van der Waals surface area contributed by atoms with E-state index in [1.807, 2.05) is 24.3 Å². The fourth-order valence-electron chi connectivity index (χ4n) is 2.70. The van der Waals surface area contributed by atoms with Crippen molar-refractivity contribution < 1.29 is 19.4 Å². The van der Waals surface area contributed by atoms with Crippen molar-refractivity contribution in [2.75, 3.05) is 7.11 Å². The molecule has 7 heteroatoms. The predicted octanol–water partition coefficient (Wildman–Crippen LogP) is 2.42. The zero-order valence-corrected chi connectivity index (χ0v) is 15.3. The van der Waals surface area contributed by atoms with Crippen LogP contribution in [0.4, 0.5) is 0 Å². The smallest absolute Gasteiger partial charge is 0.272 e. The van der Waals surface area contributed by atoms with E-state index in [1.54, 1.807) is 44.4 Å². The van der Waals surface area contributed by atoms with Gasteiger partial charge in [0.25, 0.3) is 11.8 Å². The zero-order valence-electron chi connectivity index (χ0n) is 14.5. The van der Waals surface area contributed by atoms with Gasteiger partial charge in [-0.3, -0.25) is 15.0 Å². The van der Waals surface area contributed by atoms with Crippen molar-refractivity contribution in [3.63, 3.8) is 0 Å². The topological polar surface area (TPSA) is 78.9 Å². The van der Waals surface area contributed by atoms with Crippen molar-refractivity contribution in [3.8, 4) is 5.75 Å². The summed E-state index contributed by atoms with van der Waals surface area (Å²) >= 11 is 1.44. The molecule has 1 aliphatic rings. The van der Waals surface area contributed by atoms with Crippen LogP contribution in [-0.2, 0) is 9.59 Å². The van der Waals surface area contributed by atoms with Gasteiger partial charge in [0.15, 0.2) is 6.10 Å². The van der Waals surface area contributed by atoms with Gasteiger partial charge in [0.2, 0.25) is 0 Å². The maximum atomic E-state index is 12.5. The zero-order chi connectivity index (χ0) is 18.7. The van der Waals surface area contributed by atoms with Gasteiger partial charge < -0.3 is 9.84 Å². The highest BCUT2D eigenvalue weighted by Gasteiger charge is 2.40. The maximum absolute atomic E-state index is 12.5. The van der Waals surface area contributed by atoms with Crippen molar-refractivity contribution in [2.45, 2.75) is 23.7 Å². The summed E-state index contributed by atoms with van der Waals surface area (Å²) < 4.78 is 5.16. The molecule has 0 aromatic heterocycles. The number of nitrogens with one attached hydrogen (secondary N) is 1. The number of benzene rings is 2. The summed E-state index contributed by atoms with van der Waals surface area (Å²) in [5, 5.41) is 10.9. The Hall–Kier alpha value is -2.51. The second kappa shape index (κ2) is 7.80. The third kappa shape index (κ3) is 3.68. The first kappa shape index (κ1) is 18.3. The summed E-state index contributed by atoms with van der Waals surface area (Å²) in [6.07, 6.45) is -1.35. The van der Waals surface area contributed by atoms with Gasteiger partial charge in [0.05, 0.1) is 12.4 Å². The van der Waals surface area contributed by atoms with Crippen molar-refractivity contribution in [1.29, 1.82) is 0 Å². The molecule has 0 bridgehead atoms. The standard InChI is InChI=1S/C19H20N2O4S/c1-12-18(24)21(19(26-12)14-8-10-15(25-2)11-9-14)20-17(23)16(22)13-6-4-3-5-7-13/h3-12,16,19,22H,1-2H3,(H,20,23). The van der Waals surface area contributed by atoms with E-state index in [-0.39, 0.29) is 16.5 Å². The quantitative estimate of drug-likeness (QED) is 0.843. The van der Waals surface area contributed by atoms with Crippen molar-refractivity contribution >= 4 is 23.6 Å². The summed E-state index contributed by atoms with van der Waals surface area (Å²) in [6.45, 7) is 1.79. The summed E-state index contributed by atoms with van der Waals surface area (Å²) in [6, 6.07) is 15.9. The Balaban J connectivity index is 1.78. The Morgan fingerprint density at radius 1 is 1.19 bits per heavy atom. The number of carbonyl (C=O) groups is 2. The Kier molecular flexibility index (Phi) is 5.49. The normalized spacial score (nSPS) is 20.7. The molecule has 6 nitrogen and oxygen atoms in total. The van der Waals surface area contributed by atoms with Gasteiger partial charge in [0.1, 0.15) is 11.1 Å². The highest BCUT2D eigenvalue weighted by atomic mass is 32.2. The number of carbonyl (C=O) groups excluding carboxylic acids is 2. The lowest BCUT2D eigenvalue weighted by molar-refractivity contribution is -0.144. The van der Waals surface area contributed by atoms with Crippen LogP contribution < -0.4 is 10.2 Å². The SMILES string of the molecule is COc1ccc(C2SC(C)C(=O)N2NC(=O)C(O)c2ccccc2)cc1. The number of ether oxygens (including phenoxy) is 1. The molecule has 2 aromatic rings. The summed E-state index contributed by atoms with van der Waals surface area (Å²) in [4.78, 5) is 24.9. The van der Waals surface area contributed by atoms with E-state index in [9.17, 15) is 14.7 Å². The lowest BCUT2D eigenvalue weighted by Gasteiger charge is -2.26. The number of amides is 2. The first-order valence-corrected chi connectivity index (χ1v) is 9.11. The van der Waals surface area contributed by atoms with E-state index in [4.69, 9.17) is 4.74 Å². The molecule has 0 aliphatic carbocycles. The van der Waals surface area contributed by atoms with Crippen molar-refractivity contribution in [2.24, 2.45) is 0 Å². The molecular weight excluding hydrogens is 352 g/mol. The number of hydrazine groups is 1. The molecule has 26 heavy (non-hydrogen) atoms. The van der Waals surface area contributed by atoms with Gasteiger partial charge >= 0.3 is 0 Å². The molecule has 1 fully saturated rings. The molecular formula is C19H20N2O4S. The van der Waals surface area contributed by atoms with Gasteiger partial charge in [0, 0.05) is 0 Å². The van der Waals surface area contributed by atoms with E-state index < -0.39 is 12.0 Å². The summed E-state index contributed by atoms with van der Waals surface area (Å²) in [5.74, 6) is -0.131. The maximum Gasteiger partial charge on any atom is 0.272 e. The number of rotatable bonds is 5. The van der Waals surface area contributed by atoms with E-state index in [0.717, 1.165) is 5.56 Å². The van der Waals surface area contributed by atoms with Crippen LogP contribution >= 0.6 is 11.8 Å². The lowest BCUT2D eigenvalue weighted by atomic mass is 10.1. The molecule has 2 N–H and O–H groups in total. The highest BCUT2D eigenvalue weighted by Crippen LogP contribution is 2.42. The number of hydrogen-bond donors (Lipinski definition) is 2. The summed E-state index contributed by atoms with van der Waals surface area (Å²) in [7, 11) is 1.59. The minimum Gasteiger partial charge on any atom is -0.497 e. The van der Waals surface area contributed by atoms with Crippen molar-refractivity contribution in [1.82, 2.24) is 10.4 Å². The monoisotopic (exact) mass is 372 g/mol. The molecule has 1 aliphatic heterocycles. The van der Waals surface area contributed by atoms with E-state index >= 15 is 0 Å². The highest BCUT2D eigenvalue weighted by molar-refractivity contribution is 8.01. The first-order chi connectivity index (χ1) is 12.5.